The topological polar surface area (TPSA) is 79.0 Å². The van der Waals surface area contributed by atoms with Crippen LogP contribution < -0.4 is 5.43 Å². The van der Waals surface area contributed by atoms with Crippen LogP contribution in [0.5, 0.6) is 0 Å². The highest BCUT2D eigenvalue weighted by atomic mass is 16.5. The van der Waals surface area contributed by atoms with Crippen molar-refractivity contribution in [1.82, 2.24) is 19.6 Å². The van der Waals surface area contributed by atoms with Gasteiger partial charge in [-0.25, -0.2) is 9.48 Å². The number of aromatic nitrogens is 4. The summed E-state index contributed by atoms with van der Waals surface area (Å²) in [4.78, 5) is 23.2. The molecule has 0 aromatic carbocycles. The van der Waals surface area contributed by atoms with E-state index in [1.807, 2.05) is 6.92 Å². The van der Waals surface area contributed by atoms with Gasteiger partial charge in [-0.2, -0.15) is 10.2 Å². The molecule has 0 aliphatic rings. The van der Waals surface area contributed by atoms with E-state index in [0.717, 1.165) is 6.54 Å². The zero-order chi connectivity index (χ0) is 13.8. The van der Waals surface area contributed by atoms with Gasteiger partial charge in [0.2, 0.25) is 11.1 Å². The number of hydrogen-bond donors (Lipinski definition) is 0. The molecule has 0 saturated carbocycles. The second kappa shape index (κ2) is 5.47. The summed E-state index contributed by atoms with van der Waals surface area (Å²) in [6.07, 6.45) is 3.26. The second-order valence-corrected chi connectivity index (χ2v) is 3.72. The number of ether oxygens (including phenoxy) is 1. The Morgan fingerprint density at radius 3 is 2.68 bits per heavy atom. The molecule has 0 radical (unpaired) electrons. The normalized spacial score (nSPS) is 10.4. The molecule has 2 aromatic rings. The maximum Gasteiger partial charge on any atom is 0.362 e. The van der Waals surface area contributed by atoms with E-state index in [-0.39, 0.29) is 12.3 Å². The van der Waals surface area contributed by atoms with Crippen molar-refractivity contribution in [3.05, 3.63) is 40.4 Å². The molecule has 0 unspecified atom stereocenters. The van der Waals surface area contributed by atoms with E-state index in [9.17, 15) is 9.59 Å². The van der Waals surface area contributed by atoms with Crippen molar-refractivity contribution in [3.63, 3.8) is 0 Å². The van der Waals surface area contributed by atoms with Crippen LogP contribution in [0, 0.1) is 0 Å². The molecule has 2 heterocycles. The fraction of sp³-hybridized carbons (Fsp3) is 0.333. The molecule has 7 nitrogen and oxygen atoms in total. The lowest BCUT2D eigenvalue weighted by molar-refractivity contribution is 0.0515. The predicted octanol–water partition coefficient (Wildman–Crippen LogP) is 0.626. The van der Waals surface area contributed by atoms with E-state index >= 15 is 0 Å². The van der Waals surface area contributed by atoms with Gasteiger partial charge in [-0.1, -0.05) is 0 Å². The van der Waals surface area contributed by atoms with Crippen LogP contribution in [0.25, 0.3) is 5.82 Å². The van der Waals surface area contributed by atoms with Crippen molar-refractivity contribution in [2.24, 2.45) is 0 Å². The summed E-state index contributed by atoms with van der Waals surface area (Å²) < 4.78 is 7.88. The van der Waals surface area contributed by atoms with E-state index in [1.54, 1.807) is 23.9 Å². The van der Waals surface area contributed by atoms with Gasteiger partial charge in [-0.15, -0.1) is 0 Å². The third kappa shape index (κ3) is 2.70. The van der Waals surface area contributed by atoms with E-state index in [1.165, 1.54) is 16.9 Å². The summed E-state index contributed by atoms with van der Waals surface area (Å²) in [5, 5.41) is 8.20. The highest BCUT2D eigenvalue weighted by molar-refractivity contribution is 5.86. The quantitative estimate of drug-likeness (QED) is 0.755. The standard InChI is InChI=1S/C12H14N4O3/c1-3-15-7-6-10(13-15)16-8-5-9(17)11(14-16)12(18)19-4-2/h5-8H,3-4H2,1-2H3. The fourth-order valence-corrected chi connectivity index (χ4v) is 1.53. The summed E-state index contributed by atoms with van der Waals surface area (Å²) in [6, 6.07) is 3.01. The Kier molecular flexibility index (Phi) is 3.74. The summed E-state index contributed by atoms with van der Waals surface area (Å²) in [7, 11) is 0. The van der Waals surface area contributed by atoms with Gasteiger partial charge in [0.1, 0.15) is 0 Å². The van der Waals surface area contributed by atoms with Gasteiger partial charge >= 0.3 is 5.97 Å². The van der Waals surface area contributed by atoms with Crippen LogP contribution >= 0.6 is 0 Å². The lowest BCUT2D eigenvalue weighted by Crippen LogP contribution is -2.22. The lowest BCUT2D eigenvalue weighted by atomic mass is 10.4. The lowest BCUT2D eigenvalue weighted by Gasteiger charge is -2.04. The molecular formula is C12H14N4O3. The third-order valence-electron chi connectivity index (χ3n) is 2.46. The summed E-state index contributed by atoms with van der Waals surface area (Å²) in [5.41, 5.74) is -0.708. The van der Waals surface area contributed by atoms with Crippen LogP contribution in [0.15, 0.2) is 29.3 Å². The zero-order valence-electron chi connectivity index (χ0n) is 10.7. The molecule has 19 heavy (non-hydrogen) atoms. The van der Waals surface area contributed by atoms with E-state index in [4.69, 9.17) is 4.74 Å². The average molecular weight is 262 g/mol. The minimum Gasteiger partial charge on any atom is -0.461 e. The van der Waals surface area contributed by atoms with Crippen molar-refractivity contribution in [3.8, 4) is 5.82 Å². The van der Waals surface area contributed by atoms with Crippen molar-refractivity contribution in [2.45, 2.75) is 20.4 Å². The Morgan fingerprint density at radius 1 is 1.26 bits per heavy atom. The van der Waals surface area contributed by atoms with Gasteiger partial charge in [0.15, 0.2) is 5.82 Å². The Hall–Kier alpha value is -2.44. The number of aryl methyl sites for hydroxylation is 1. The number of nitrogens with zero attached hydrogens (tertiary/aromatic N) is 4. The van der Waals surface area contributed by atoms with Crippen molar-refractivity contribution in [2.75, 3.05) is 6.61 Å². The molecule has 0 aliphatic heterocycles. The number of esters is 1. The van der Waals surface area contributed by atoms with Gasteiger partial charge in [0, 0.05) is 31.1 Å². The molecule has 100 valence electrons. The minimum atomic E-state index is -0.725. The highest BCUT2D eigenvalue weighted by Crippen LogP contribution is 2.02. The first-order valence-corrected chi connectivity index (χ1v) is 5.96. The van der Waals surface area contributed by atoms with Crippen LogP contribution in [0.1, 0.15) is 24.3 Å². The Labute approximate surface area is 109 Å². The summed E-state index contributed by atoms with van der Waals surface area (Å²) in [6.45, 7) is 4.55. The van der Waals surface area contributed by atoms with Gasteiger partial charge in [0.25, 0.3) is 0 Å². The number of carbonyl (C=O) groups excluding carboxylic acids is 1. The van der Waals surface area contributed by atoms with Crippen LogP contribution in [0.4, 0.5) is 0 Å². The molecule has 0 atom stereocenters. The van der Waals surface area contributed by atoms with E-state index < -0.39 is 11.4 Å². The SMILES string of the molecule is CCOC(=O)c1nn(-c2ccn(CC)n2)ccc1=O. The van der Waals surface area contributed by atoms with Gasteiger partial charge in [-0.05, 0) is 13.8 Å². The van der Waals surface area contributed by atoms with Gasteiger partial charge < -0.3 is 4.74 Å². The number of hydrogen-bond acceptors (Lipinski definition) is 5. The summed E-state index contributed by atoms with van der Waals surface area (Å²) >= 11 is 0. The number of rotatable bonds is 4. The molecule has 0 fully saturated rings. The van der Waals surface area contributed by atoms with Crippen LogP contribution in [-0.2, 0) is 11.3 Å². The maximum atomic E-state index is 11.6. The average Bonchev–Trinajstić information content (AvgIpc) is 2.88. The van der Waals surface area contributed by atoms with Gasteiger partial charge in [-0.3, -0.25) is 9.48 Å². The first-order chi connectivity index (χ1) is 9.15. The van der Waals surface area contributed by atoms with E-state index in [2.05, 4.69) is 10.2 Å². The number of carbonyl (C=O) groups is 1. The largest absolute Gasteiger partial charge is 0.461 e. The summed E-state index contributed by atoms with van der Waals surface area (Å²) in [5.74, 6) is -0.191. The molecule has 0 spiro atoms. The first kappa shape index (κ1) is 13.0. The molecule has 0 aliphatic carbocycles. The molecular weight excluding hydrogens is 248 g/mol. The monoisotopic (exact) mass is 262 g/mol. The van der Waals surface area contributed by atoms with Crippen molar-refractivity contribution >= 4 is 5.97 Å². The zero-order valence-corrected chi connectivity index (χ0v) is 10.7. The molecule has 7 heteroatoms. The Bertz CT molecular complexity index is 644. The molecule has 2 rings (SSSR count). The highest BCUT2D eigenvalue weighted by Gasteiger charge is 2.14. The van der Waals surface area contributed by atoms with Crippen molar-refractivity contribution in [1.29, 1.82) is 0 Å². The van der Waals surface area contributed by atoms with Crippen molar-refractivity contribution < 1.29 is 9.53 Å². The third-order valence-corrected chi connectivity index (χ3v) is 2.46. The molecule has 0 bridgehead atoms. The fourth-order valence-electron chi connectivity index (χ4n) is 1.53. The van der Waals surface area contributed by atoms with E-state index in [0.29, 0.717) is 5.82 Å². The first-order valence-electron chi connectivity index (χ1n) is 5.96. The molecule has 0 saturated heterocycles. The predicted molar refractivity (Wildman–Crippen MR) is 67.2 cm³/mol. The van der Waals surface area contributed by atoms with Crippen LogP contribution in [0.3, 0.4) is 0 Å². The minimum absolute atomic E-state index is 0.194. The molecule has 2 aromatic heterocycles. The van der Waals surface area contributed by atoms with Gasteiger partial charge in [0.05, 0.1) is 6.61 Å². The smallest absolute Gasteiger partial charge is 0.362 e. The molecule has 0 amide bonds. The molecule has 0 N–H and O–H groups in total. The van der Waals surface area contributed by atoms with Crippen LogP contribution in [0.2, 0.25) is 0 Å². The second-order valence-electron chi connectivity index (χ2n) is 3.72. The van der Waals surface area contributed by atoms with Crippen LogP contribution in [-0.4, -0.2) is 32.1 Å². The maximum absolute atomic E-state index is 11.6. The Morgan fingerprint density at radius 2 is 2.05 bits per heavy atom. The Balaban J connectivity index is 2.40.